The Morgan fingerprint density at radius 3 is 2.65 bits per heavy atom. The number of fused-ring (bicyclic) bond motifs is 1. The van der Waals surface area contributed by atoms with E-state index in [1.54, 1.807) is 0 Å². The van der Waals surface area contributed by atoms with Gasteiger partial charge >= 0.3 is 0 Å². The second-order valence-corrected chi connectivity index (χ2v) is 6.21. The summed E-state index contributed by atoms with van der Waals surface area (Å²) in [5.41, 5.74) is 10.4. The third kappa shape index (κ3) is 2.31. The topological polar surface area (TPSA) is 54.7 Å². The first-order chi connectivity index (χ1) is 9.54. The van der Waals surface area contributed by atoms with Gasteiger partial charge in [-0.15, -0.1) is 0 Å². The fourth-order valence-electron chi connectivity index (χ4n) is 2.33. The zero-order chi connectivity index (χ0) is 14.3. The molecule has 3 nitrogen and oxygen atoms in total. The molecule has 20 heavy (non-hydrogen) atoms. The fourth-order valence-corrected chi connectivity index (χ4v) is 2.84. The van der Waals surface area contributed by atoms with Crippen molar-refractivity contribution < 1.29 is 0 Å². The zero-order valence-electron chi connectivity index (χ0n) is 11.4. The molecule has 0 saturated carbocycles. The van der Waals surface area contributed by atoms with Crippen molar-refractivity contribution in [2.45, 2.75) is 19.8 Å². The number of aromatic nitrogens is 2. The van der Waals surface area contributed by atoms with Gasteiger partial charge in [-0.2, -0.15) is 5.10 Å². The summed E-state index contributed by atoms with van der Waals surface area (Å²) in [5.74, 6) is 1.04. The number of halogens is 1. The van der Waals surface area contributed by atoms with Crippen LogP contribution in [0.2, 0.25) is 0 Å². The van der Waals surface area contributed by atoms with Gasteiger partial charge in [0.25, 0.3) is 0 Å². The number of nitrogen functional groups attached to an aromatic ring is 1. The molecule has 1 heterocycles. The molecule has 0 saturated heterocycles. The Bertz CT molecular complexity index is 774. The Kier molecular flexibility index (Phi) is 3.26. The Morgan fingerprint density at radius 1 is 1.10 bits per heavy atom. The molecule has 3 N–H and O–H groups in total. The van der Waals surface area contributed by atoms with Crippen LogP contribution < -0.4 is 5.73 Å². The average Bonchev–Trinajstić information content (AvgIpc) is 2.79. The maximum atomic E-state index is 5.80. The summed E-state index contributed by atoms with van der Waals surface area (Å²) in [4.78, 5) is 0. The maximum absolute atomic E-state index is 5.80. The van der Waals surface area contributed by atoms with E-state index in [1.165, 1.54) is 11.1 Å². The number of hydrogen-bond acceptors (Lipinski definition) is 2. The molecule has 3 rings (SSSR count). The van der Waals surface area contributed by atoms with Crippen LogP contribution in [0.15, 0.2) is 40.9 Å². The van der Waals surface area contributed by atoms with Crippen LogP contribution in [0.5, 0.6) is 0 Å². The van der Waals surface area contributed by atoms with Gasteiger partial charge in [0, 0.05) is 9.86 Å². The minimum atomic E-state index is 0.498. The van der Waals surface area contributed by atoms with E-state index in [2.05, 4.69) is 70.3 Å². The van der Waals surface area contributed by atoms with Crippen LogP contribution in [0.3, 0.4) is 0 Å². The molecule has 0 aliphatic carbocycles. The molecule has 0 radical (unpaired) electrons. The second kappa shape index (κ2) is 4.94. The summed E-state index contributed by atoms with van der Waals surface area (Å²) in [7, 11) is 0. The molecule has 1 aromatic heterocycles. The second-order valence-electron chi connectivity index (χ2n) is 5.30. The van der Waals surface area contributed by atoms with Gasteiger partial charge in [0.1, 0.15) is 0 Å². The number of nitrogens with one attached hydrogen (secondary N) is 1. The van der Waals surface area contributed by atoms with Gasteiger partial charge < -0.3 is 5.73 Å². The van der Waals surface area contributed by atoms with Gasteiger partial charge in [-0.3, -0.25) is 5.10 Å². The van der Waals surface area contributed by atoms with Gasteiger partial charge in [0.2, 0.25) is 0 Å². The number of nitrogens with two attached hydrogens (primary N) is 1. The van der Waals surface area contributed by atoms with Crippen molar-refractivity contribution in [3.63, 3.8) is 0 Å². The first kappa shape index (κ1) is 13.2. The van der Waals surface area contributed by atoms with Crippen LogP contribution in [-0.4, -0.2) is 10.2 Å². The molecule has 0 aliphatic rings. The van der Waals surface area contributed by atoms with E-state index in [1.807, 2.05) is 6.07 Å². The van der Waals surface area contributed by atoms with E-state index >= 15 is 0 Å². The van der Waals surface area contributed by atoms with Crippen LogP contribution in [0.25, 0.3) is 22.0 Å². The van der Waals surface area contributed by atoms with Gasteiger partial charge in [-0.25, -0.2) is 0 Å². The SMILES string of the molecule is CC(C)c1cc(Br)cc(-c2ccc3c(N)n[nH]c3c2)c1. The highest BCUT2D eigenvalue weighted by Gasteiger charge is 2.08. The van der Waals surface area contributed by atoms with Crippen molar-refractivity contribution in [3.8, 4) is 11.1 Å². The monoisotopic (exact) mass is 329 g/mol. The van der Waals surface area contributed by atoms with E-state index in [0.717, 1.165) is 20.9 Å². The molecule has 2 aromatic carbocycles. The molecule has 4 heteroatoms. The van der Waals surface area contributed by atoms with Crippen LogP contribution >= 0.6 is 15.9 Å². The van der Waals surface area contributed by atoms with Gasteiger partial charge in [0.05, 0.1) is 5.52 Å². The lowest BCUT2D eigenvalue weighted by atomic mass is 9.97. The smallest absolute Gasteiger partial charge is 0.153 e. The van der Waals surface area contributed by atoms with Crippen LogP contribution in [0.1, 0.15) is 25.3 Å². The number of aromatic amines is 1. The number of benzene rings is 2. The van der Waals surface area contributed by atoms with Crippen molar-refractivity contribution in [1.29, 1.82) is 0 Å². The summed E-state index contributed by atoms with van der Waals surface area (Å²) in [6.45, 7) is 4.40. The lowest BCUT2D eigenvalue weighted by Crippen LogP contribution is -1.89. The van der Waals surface area contributed by atoms with Gasteiger partial charge in [-0.1, -0.05) is 41.9 Å². The molecular weight excluding hydrogens is 314 g/mol. The predicted molar refractivity (Wildman–Crippen MR) is 87.7 cm³/mol. The number of H-pyrrole nitrogens is 1. The normalized spacial score (nSPS) is 11.4. The summed E-state index contributed by atoms with van der Waals surface area (Å²) >= 11 is 3.59. The first-order valence-electron chi connectivity index (χ1n) is 6.59. The molecule has 0 bridgehead atoms. The summed E-state index contributed by atoms with van der Waals surface area (Å²) in [6, 6.07) is 12.7. The molecule has 0 fully saturated rings. The molecular formula is C16H16BrN3. The lowest BCUT2D eigenvalue weighted by Gasteiger charge is -2.10. The Hall–Kier alpha value is -1.81. The van der Waals surface area contributed by atoms with Crippen LogP contribution in [0, 0.1) is 0 Å². The fraction of sp³-hybridized carbons (Fsp3) is 0.188. The minimum Gasteiger partial charge on any atom is -0.382 e. The van der Waals surface area contributed by atoms with E-state index in [-0.39, 0.29) is 0 Å². The molecule has 0 unspecified atom stereocenters. The summed E-state index contributed by atoms with van der Waals surface area (Å²) in [6.07, 6.45) is 0. The Labute approximate surface area is 126 Å². The van der Waals surface area contributed by atoms with Gasteiger partial charge in [0.15, 0.2) is 5.82 Å². The van der Waals surface area contributed by atoms with E-state index < -0.39 is 0 Å². The molecule has 0 spiro atoms. The maximum Gasteiger partial charge on any atom is 0.153 e. The van der Waals surface area contributed by atoms with Crippen molar-refractivity contribution in [2.75, 3.05) is 5.73 Å². The van der Waals surface area contributed by atoms with Crippen LogP contribution in [0.4, 0.5) is 5.82 Å². The first-order valence-corrected chi connectivity index (χ1v) is 7.38. The van der Waals surface area contributed by atoms with Crippen molar-refractivity contribution in [2.24, 2.45) is 0 Å². The van der Waals surface area contributed by atoms with E-state index in [0.29, 0.717) is 11.7 Å². The highest BCUT2D eigenvalue weighted by Crippen LogP contribution is 2.30. The third-order valence-corrected chi connectivity index (χ3v) is 3.97. The van der Waals surface area contributed by atoms with Crippen molar-refractivity contribution >= 4 is 32.7 Å². The number of hydrogen-bond donors (Lipinski definition) is 2. The van der Waals surface area contributed by atoms with Gasteiger partial charge in [-0.05, 0) is 46.9 Å². The number of anilines is 1. The zero-order valence-corrected chi connectivity index (χ0v) is 13.0. The lowest BCUT2D eigenvalue weighted by molar-refractivity contribution is 0.866. The third-order valence-electron chi connectivity index (χ3n) is 3.51. The average molecular weight is 330 g/mol. The Balaban J connectivity index is 2.14. The molecule has 0 amide bonds. The highest BCUT2D eigenvalue weighted by atomic mass is 79.9. The van der Waals surface area contributed by atoms with Crippen molar-refractivity contribution in [3.05, 3.63) is 46.4 Å². The largest absolute Gasteiger partial charge is 0.382 e. The summed E-state index contributed by atoms with van der Waals surface area (Å²) in [5, 5.41) is 7.97. The van der Waals surface area contributed by atoms with E-state index in [4.69, 9.17) is 5.73 Å². The number of rotatable bonds is 2. The highest BCUT2D eigenvalue weighted by molar-refractivity contribution is 9.10. The minimum absolute atomic E-state index is 0.498. The summed E-state index contributed by atoms with van der Waals surface area (Å²) < 4.78 is 1.10. The molecule has 3 aromatic rings. The van der Waals surface area contributed by atoms with Crippen molar-refractivity contribution in [1.82, 2.24) is 10.2 Å². The molecule has 102 valence electrons. The predicted octanol–water partition coefficient (Wildman–Crippen LogP) is 4.70. The standard InChI is InChI=1S/C16H16BrN3/c1-9(2)11-5-12(7-13(17)6-11)10-3-4-14-15(8-10)19-20-16(14)18/h3-9H,1-2H3,(H3,18,19,20). The van der Waals surface area contributed by atoms with E-state index in [9.17, 15) is 0 Å². The molecule has 0 aliphatic heterocycles. The van der Waals surface area contributed by atoms with Crippen LogP contribution in [-0.2, 0) is 0 Å². The quantitative estimate of drug-likeness (QED) is 0.716. The molecule has 0 atom stereocenters. The Morgan fingerprint density at radius 2 is 1.90 bits per heavy atom. The number of nitrogens with zero attached hydrogens (tertiary/aromatic N) is 1.